The summed E-state index contributed by atoms with van der Waals surface area (Å²) in [6.45, 7) is -0.503. The van der Waals surface area contributed by atoms with Crippen LogP contribution in [-0.4, -0.2) is 69.9 Å². The summed E-state index contributed by atoms with van der Waals surface area (Å²) in [5.41, 5.74) is 0. The lowest BCUT2D eigenvalue weighted by atomic mass is 9.87. The predicted octanol–water partition coefficient (Wildman–Crippen LogP) is -2.62. The van der Waals surface area contributed by atoms with Gasteiger partial charge in [0.25, 0.3) is 0 Å². The molecule has 0 bridgehead atoms. The second-order valence-corrected chi connectivity index (χ2v) is 3.15. The highest BCUT2D eigenvalue weighted by atomic mass is 16.3. The monoisotopic (exact) mass is 177 g/mol. The molecule has 1 heterocycles. The largest absolute Gasteiger partial charge is 0.395 e. The predicted molar refractivity (Wildman–Crippen MR) is 41.5 cm³/mol. The zero-order chi connectivity index (χ0) is 9.30. The molecule has 72 valence electrons. The average Bonchev–Trinajstić information content (AvgIpc) is 2.05. The Morgan fingerprint density at radius 1 is 1.42 bits per heavy atom. The van der Waals surface area contributed by atoms with Crippen LogP contribution in [0.15, 0.2) is 0 Å². The van der Waals surface area contributed by atoms with E-state index in [4.69, 9.17) is 10.2 Å². The molecule has 1 saturated heterocycles. The van der Waals surface area contributed by atoms with Crippen molar-refractivity contribution in [2.75, 3.05) is 20.3 Å². The van der Waals surface area contributed by atoms with E-state index < -0.39 is 18.2 Å². The van der Waals surface area contributed by atoms with E-state index in [2.05, 4.69) is 0 Å². The van der Waals surface area contributed by atoms with Gasteiger partial charge in [-0.25, -0.2) is 0 Å². The molecule has 0 saturated carbocycles. The molecule has 1 aliphatic rings. The van der Waals surface area contributed by atoms with Crippen molar-refractivity contribution in [3.05, 3.63) is 0 Å². The minimum Gasteiger partial charge on any atom is -0.395 e. The Balaban J connectivity index is 2.49. The summed E-state index contributed by atoms with van der Waals surface area (Å²) in [5.74, 6) is 0. The van der Waals surface area contributed by atoms with Crippen LogP contribution in [0.1, 0.15) is 0 Å². The van der Waals surface area contributed by atoms with Gasteiger partial charge in [0.2, 0.25) is 0 Å². The Morgan fingerprint density at radius 3 is 2.33 bits per heavy atom. The van der Waals surface area contributed by atoms with Gasteiger partial charge < -0.3 is 20.4 Å². The minimum atomic E-state index is -0.937. The second-order valence-electron chi connectivity index (χ2n) is 3.15. The van der Waals surface area contributed by atoms with E-state index in [1.807, 2.05) is 0 Å². The maximum atomic E-state index is 9.37. The molecule has 1 aliphatic heterocycles. The van der Waals surface area contributed by atoms with Crippen molar-refractivity contribution >= 4 is 0 Å². The van der Waals surface area contributed by atoms with Gasteiger partial charge in [-0.3, -0.25) is 4.90 Å². The molecule has 0 amide bonds. The Labute approximate surface area is 70.9 Å². The highest BCUT2D eigenvalue weighted by molar-refractivity contribution is 5.02. The van der Waals surface area contributed by atoms with Crippen molar-refractivity contribution < 1.29 is 20.4 Å². The summed E-state index contributed by atoms with van der Waals surface area (Å²) in [6.07, 6.45) is -1.69. The van der Waals surface area contributed by atoms with E-state index in [9.17, 15) is 10.2 Å². The summed E-state index contributed by atoms with van der Waals surface area (Å²) in [5, 5.41) is 35.9. The van der Waals surface area contributed by atoms with Crippen LogP contribution < -0.4 is 0 Å². The third-order valence-electron chi connectivity index (χ3n) is 2.51. The van der Waals surface area contributed by atoms with Crippen LogP contribution in [-0.2, 0) is 0 Å². The topological polar surface area (TPSA) is 84.2 Å². The second kappa shape index (κ2) is 3.68. The van der Waals surface area contributed by atoms with E-state index in [0.29, 0.717) is 0 Å². The zero-order valence-corrected chi connectivity index (χ0v) is 6.96. The summed E-state index contributed by atoms with van der Waals surface area (Å²) in [6, 6.07) is -0.761. The first-order chi connectivity index (χ1) is 5.63. The van der Waals surface area contributed by atoms with Crippen molar-refractivity contribution in [2.45, 2.75) is 24.3 Å². The third-order valence-corrected chi connectivity index (χ3v) is 2.51. The number of likely N-dealkylation sites (tertiary alicyclic amines) is 1. The molecule has 5 heteroatoms. The van der Waals surface area contributed by atoms with Crippen molar-refractivity contribution in [1.82, 2.24) is 4.90 Å². The molecular weight excluding hydrogens is 162 g/mol. The lowest BCUT2D eigenvalue weighted by Gasteiger charge is -2.51. The molecule has 0 unspecified atom stereocenters. The zero-order valence-electron chi connectivity index (χ0n) is 6.96. The molecule has 5 nitrogen and oxygen atoms in total. The number of rotatable bonds is 3. The summed E-state index contributed by atoms with van der Waals surface area (Å²) < 4.78 is 0. The van der Waals surface area contributed by atoms with Gasteiger partial charge in [-0.15, -0.1) is 0 Å². The van der Waals surface area contributed by atoms with Gasteiger partial charge in [0.1, 0.15) is 0 Å². The van der Waals surface area contributed by atoms with Gasteiger partial charge in [-0.05, 0) is 7.05 Å². The number of hydrogen-bond acceptors (Lipinski definition) is 5. The molecule has 1 fully saturated rings. The van der Waals surface area contributed by atoms with Crippen LogP contribution >= 0.6 is 0 Å². The van der Waals surface area contributed by atoms with Crippen molar-refractivity contribution in [1.29, 1.82) is 0 Å². The number of aliphatic hydroxyl groups is 4. The minimum absolute atomic E-state index is 0.133. The number of hydrogen-bond donors (Lipinski definition) is 4. The van der Waals surface area contributed by atoms with Gasteiger partial charge in [-0.1, -0.05) is 0 Å². The summed E-state index contributed by atoms with van der Waals surface area (Å²) >= 11 is 0. The number of likely N-dealkylation sites (N-methyl/N-ethyl adjacent to an activating group) is 1. The van der Waals surface area contributed by atoms with E-state index in [0.717, 1.165) is 0 Å². The van der Waals surface area contributed by atoms with Gasteiger partial charge in [-0.2, -0.15) is 0 Å². The quantitative estimate of drug-likeness (QED) is 0.379. The average molecular weight is 177 g/mol. The van der Waals surface area contributed by atoms with Crippen molar-refractivity contribution in [2.24, 2.45) is 0 Å². The number of nitrogens with zero attached hydrogens (tertiary/aromatic N) is 1. The molecule has 4 N–H and O–H groups in total. The van der Waals surface area contributed by atoms with E-state index in [1.165, 1.54) is 0 Å². The standard InChI is InChI=1S/C7H15NO4/c1-8-4(2-9)7(12)6(8)5(11)3-10/h4-7,9-12H,2-3H2,1H3/t4-,5-,6+,7+/m1/s1. The van der Waals surface area contributed by atoms with E-state index in [-0.39, 0.29) is 19.3 Å². The van der Waals surface area contributed by atoms with Gasteiger partial charge in [0, 0.05) is 0 Å². The highest BCUT2D eigenvalue weighted by Crippen LogP contribution is 2.26. The van der Waals surface area contributed by atoms with Gasteiger partial charge >= 0.3 is 0 Å². The van der Waals surface area contributed by atoms with Crippen molar-refractivity contribution in [3.63, 3.8) is 0 Å². The molecule has 0 radical (unpaired) electrons. The molecule has 0 spiro atoms. The molecule has 0 aromatic rings. The van der Waals surface area contributed by atoms with Crippen LogP contribution in [0, 0.1) is 0 Å². The number of aliphatic hydroxyl groups excluding tert-OH is 4. The van der Waals surface area contributed by atoms with Crippen LogP contribution in [0.25, 0.3) is 0 Å². The first kappa shape index (κ1) is 9.88. The maximum Gasteiger partial charge on any atom is 0.0951 e. The normalized spacial score (nSPS) is 39.2. The maximum absolute atomic E-state index is 9.37. The fourth-order valence-electron chi connectivity index (χ4n) is 1.67. The van der Waals surface area contributed by atoms with Crippen LogP contribution in [0.4, 0.5) is 0 Å². The van der Waals surface area contributed by atoms with Crippen LogP contribution in [0.5, 0.6) is 0 Å². The molecule has 4 atom stereocenters. The van der Waals surface area contributed by atoms with Gasteiger partial charge in [0.15, 0.2) is 0 Å². The fourth-order valence-corrected chi connectivity index (χ4v) is 1.67. The van der Waals surface area contributed by atoms with Crippen LogP contribution in [0.3, 0.4) is 0 Å². The lowest BCUT2D eigenvalue weighted by molar-refractivity contribution is -0.165. The van der Waals surface area contributed by atoms with Gasteiger partial charge in [0.05, 0.1) is 37.5 Å². The SMILES string of the molecule is CN1[C@@H]([C@H](O)CO)[C@@H](O)[C@H]1CO. The molecule has 1 rings (SSSR count). The fraction of sp³-hybridized carbons (Fsp3) is 1.00. The first-order valence-electron chi connectivity index (χ1n) is 3.93. The molecule has 12 heavy (non-hydrogen) atoms. The summed E-state index contributed by atoms with van der Waals surface area (Å²) in [7, 11) is 1.69. The van der Waals surface area contributed by atoms with Crippen LogP contribution in [0.2, 0.25) is 0 Å². The Hall–Kier alpha value is -0.200. The Kier molecular flexibility index (Phi) is 3.03. The van der Waals surface area contributed by atoms with E-state index in [1.54, 1.807) is 11.9 Å². The van der Waals surface area contributed by atoms with Crippen molar-refractivity contribution in [3.8, 4) is 0 Å². The smallest absolute Gasteiger partial charge is 0.0951 e. The summed E-state index contributed by atoms with van der Waals surface area (Å²) in [4.78, 5) is 1.66. The Morgan fingerprint density at radius 2 is 2.00 bits per heavy atom. The van der Waals surface area contributed by atoms with E-state index >= 15 is 0 Å². The lowest BCUT2D eigenvalue weighted by Crippen LogP contribution is -2.71. The highest BCUT2D eigenvalue weighted by Gasteiger charge is 2.47. The first-order valence-corrected chi connectivity index (χ1v) is 3.93. The Bertz CT molecular complexity index is 144. The third kappa shape index (κ3) is 1.34. The molecule has 0 aliphatic carbocycles. The molecule has 0 aromatic heterocycles. The molecular formula is C7H15NO4. The molecule has 0 aromatic carbocycles.